The SMILES string of the molecule is CC(C)CN(CCC(=O)NCc1ccccc1)c1nc(C2CC2)nc2ccccc12. The van der Waals surface area contributed by atoms with E-state index in [0.29, 0.717) is 31.3 Å². The molecule has 0 radical (unpaired) electrons. The summed E-state index contributed by atoms with van der Waals surface area (Å²) in [5.74, 6) is 2.94. The molecule has 1 fully saturated rings. The van der Waals surface area contributed by atoms with E-state index in [9.17, 15) is 4.79 Å². The van der Waals surface area contributed by atoms with E-state index >= 15 is 0 Å². The van der Waals surface area contributed by atoms with Crippen molar-refractivity contribution in [3.63, 3.8) is 0 Å². The molecular formula is C25H30N4O. The highest BCUT2D eigenvalue weighted by molar-refractivity contribution is 5.90. The van der Waals surface area contributed by atoms with Gasteiger partial charge in [-0.3, -0.25) is 4.79 Å². The Kier molecular flexibility index (Phi) is 6.26. The van der Waals surface area contributed by atoms with Crippen LogP contribution in [0.5, 0.6) is 0 Å². The lowest BCUT2D eigenvalue weighted by Crippen LogP contribution is -2.34. The van der Waals surface area contributed by atoms with Gasteiger partial charge < -0.3 is 10.2 Å². The van der Waals surface area contributed by atoms with Gasteiger partial charge in [-0.25, -0.2) is 9.97 Å². The Labute approximate surface area is 178 Å². The fourth-order valence-electron chi connectivity index (χ4n) is 3.69. The number of rotatable bonds is 9. The lowest BCUT2D eigenvalue weighted by molar-refractivity contribution is -0.121. The third-order valence-electron chi connectivity index (χ3n) is 5.37. The van der Waals surface area contributed by atoms with Gasteiger partial charge in [0.05, 0.1) is 5.52 Å². The molecule has 1 amide bonds. The number of anilines is 1. The van der Waals surface area contributed by atoms with Crippen LogP contribution in [0.2, 0.25) is 0 Å². The number of hydrogen-bond acceptors (Lipinski definition) is 4. The summed E-state index contributed by atoms with van der Waals surface area (Å²) in [6.45, 7) is 6.47. The van der Waals surface area contributed by atoms with E-state index in [1.165, 1.54) is 12.8 Å². The van der Waals surface area contributed by atoms with Crippen molar-refractivity contribution >= 4 is 22.6 Å². The highest BCUT2D eigenvalue weighted by atomic mass is 16.1. The molecular weight excluding hydrogens is 372 g/mol. The Morgan fingerprint density at radius 2 is 1.80 bits per heavy atom. The number of hydrogen-bond donors (Lipinski definition) is 1. The zero-order valence-corrected chi connectivity index (χ0v) is 17.8. The monoisotopic (exact) mass is 402 g/mol. The summed E-state index contributed by atoms with van der Waals surface area (Å²) in [6.07, 6.45) is 2.78. The lowest BCUT2D eigenvalue weighted by Gasteiger charge is -2.27. The molecule has 1 aliphatic rings. The van der Waals surface area contributed by atoms with Crippen LogP contribution < -0.4 is 10.2 Å². The van der Waals surface area contributed by atoms with Crippen molar-refractivity contribution in [3.05, 3.63) is 66.0 Å². The minimum atomic E-state index is 0.0633. The molecule has 3 aromatic rings. The van der Waals surface area contributed by atoms with Crippen molar-refractivity contribution in [2.45, 2.75) is 45.6 Å². The molecule has 156 valence electrons. The number of benzene rings is 2. The third kappa shape index (κ3) is 5.15. The smallest absolute Gasteiger partial charge is 0.222 e. The van der Waals surface area contributed by atoms with Gasteiger partial charge in [-0.15, -0.1) is 0 Å². The van der Waals surface area contributed by atoms with E-state index in [2.05, 4.69) is 36.2 Å². The Morgan fingerprint density at radius 3 is 2.53 bits per heavy atom. The van der Waals surface area contributed by atoms with E-state index in [1.54, 1.807) is 0 Å². The molecule has 0 unspecified atom stereocenters. The first-order valence-corrected chi connectivity index (χ1v) is 10.9. The second-order valence-corrected chi connectivity index (χ2v) is 8.55. The molecule has 1 saturated carbocycles. The van der Waals surface area contributed by atoms with Gasteiger partial charge in [0.2, 0.25) is 5.91 Å². The molecule has 0 bridgehead atoms. The Bertz CT molecular complexity index is 998. The average Bonchev–Trinajstić information content (AvgIpc) is 3.60. The molecule has 1 aromatic heterocycles. The van der Waals surface area contributed by atoms with E-state index in [-0.39, 0.29) is 5.91 Å². The summed E-state index contributed by atoms with van der Waals surface area (Å²) in [6, 6.07) is 18.2. The van der Waals surface area contributed by atoms with Crippen molar-refractivity contribution in [2.24, 2.45) is 5.92 Å². The van der Waals surface area contributed by atoms with Crippen LogP contribution in [0.1, 0.15) is 50.4 Å². The fourth-order valence-corrected chi connectivity index (χ4v) is 3.69. The molecule has 1 N–H and O–H groups in total. The summed E-state index contributed by atoms with van der Waals surface area (Å²) in [5, 5.41) is 4.10. The number of nitrogens with zero attached hydrogens (tertiary/aromatic N) is 3. The minimum Gasteiger partial charge on any atom is -0.355 e. The number of nitrogens with one attached hydrogen (secondary N) is 1. The lowest BCUT2D eigenvalue weighted by atomic mass is 10.1. The second-order valence-electron chi connectivity index (χ2n) is 8.55. The van der Waals surface area contributed by atoms with Gasteiger partial charge in [0, 0.05) is 37.4 Å². The first-order chi connectivity index (χ1) is 14.6. The maximum atomic E-state index is 12.5. The molecule has 2 aromatic carbocycles. The fraction of sp³-hybridized carbons (Fsp3) is 0.400. The predicted molar refractivity (Wildman–Crippen MR) is 121 cm³/mol. The first-order valence-electron chi connectivity index (χ1n) is 10.9. The van der Waals surface area contributed by atoms with E-state index in [1.807, 2.05) is 42.5 Å². The van der Waals surface area contributed by atoms with Gasteiger partial charge >= 0.3 is 0 Å². The van der Waals surface area contributed by atoms with Gasteiger partial charge in [-0.1, -0.05) is 56.3 Å². The van der Waals surface area contributed by atoms with Crippen LogP contribution in [-0.2, 0) is 11.3 Å². The Balaban J connectivity index is 1.50. The van der Waals surface area contributed by atoms with Crippen LogP contribution in [0, 0.1) is 5.92 Å². The molecule has 30 heavy (non-hydrogen) atoms. The van der Waals surface area contributed by atoms with Gasteiger partial charge in [-0.05, 0) is 36.5 Å². The van der Waals surface area contributed by atoms with Crippen molar-refractivity contribution in [3.8, 4) is 0 Å². The summed E-state index contributed by atoms with van der Waals surface area (Å²) in [5.41, 5.74) is 2.10. The minimum absolute atomic E-state index is 0.0633. The van der Waals surface area contributed by atoms with Crippen LogP contribution >= 0.6 is 0 Å². The number of carbonyl (C=O) groups is 1. The molecule has 1 heterocycles. The molecule has 0 saturated heterocycles. The van der Waals surface area contributed by atoms with E-state index in [4.69, 9.17) is 9.97 Å². The van der Waals surface area contributed by atoms with Crippen molar-refractivity contribution in [1.82, 2.24) is 15.3 Å². The highest BCUT2D eigenvalue weighted by Crippen LogP contribution is 2.40. The van der Waals surface area contributed by atoms with Gasteiger partial charge in [-0.2, -0.15) is 0 Å². The van der Waals surface area contributed by atoms with Crippen molar-refractivity contribution in [1.29, 1.82) is 0 Å². The van der Waals surface area contributed by atoms with Gasteiger partial charge in [0.1, 0.15) is 11.6 Å². The van der Waals surface area contributed by atoms with Gasteiger partial charge in [0.15, 0.2) is 0 Å². The molecule has 0 atom stereocenters. The quantitative estimate of drug-likeness (QED) is 0.565. The second kappa shape index (κ2) is 9.24. The average molecular weight is 403 g/mol. The van der Waals surface area contributed by atoms with Crippen LogP contribution in [0.25, 0.3) is 10.9 Å². The van der Waals surface area contributed by atoms with Crippen LogP contribution in [0.3, 0.4) is 0 Å². The molecule has 0 spiro atoms. The number of fused-ring (bicyclic) bond motifs is 1. The van der Waals surface area contributed by atoms with E-state index in [0.717, 1.165) is 34.7 Å². The molecule has 4 rings (SSSR count). The van der Waals surface area contributed by atoms with Crippen LogP contribution in [-0.4, -0.2) is 29.0 Å². The Morgan fingerprint density at radius 1 is 1.07 bits per heavy atom. The third-order valence-corrected chi connectivity index (χ3v) is 5.37. The number of carbonyl (C=O) groups excluding carboxylic acids is 1. The zero-order valence-electron chi connectivity index (χ0n) is 17.8. The molecule has 5 heteroatoms. The molecule has 1 aliphatic carbocycles. The topological polar surface area (TPSA) is 58.1 Å². The number of amides is 1. The number of aromatic nitrogens is 2. The predicted octanol–water partition coefficient (Wildman–Crippen LogP) is 4.68. The van der Waals surface area contributed by atoms with Crippen LogP contribution in [0.4, 0.5) is 5.82 Å². The Hall–Kier alpha value is -2.95. The normalized spacial score (nSPS) is 13.6. The summed E-state index contributed by atoms with van der Waals surface area (Å²) >= 11 is 0. The molecule has 5 nitrogen and oxygen atoms in total. The van der Waals surface area contributed by atoms with E-state index < -0.39 is 0 Å². The first kappa shape index (κ1) is 20.3. The van der Waals surface area contributed by atoms with Gasteiger partial charge in [0.25, 0.3) is 0 Å². The summed E-state index contributed by atoms with van der Waals surface area (Å²) in [7, 11) is 0. The largest absolute Gasteiger partial charge is 0.355 e. The molecule has 0 aliphatic heterocycles. The van der Waals surface area contributed by atoms with Crippen LogP contribution in [0.15, 0.2) is 54.6 Å². The maximum Gasteiger partial charge on any atom is 0.222 e. The zero-order chi connectivity index (χ0) is 20.9. The summed E-state index contributed by atoms with van der Waals surface area (Å²) in [4.78, 5) is 24.6. The standard InChI is InChI=1S/C25H30N4O/c1-18(2)17-29(15-14-23(30)26-16-19-8-4-3-5-9-19)25-21-10-6-7-11-22(21)27-24(28-25)20-12-13-20/h3-11,18,20H,12-17H2,1-2H3,(H,26,30). The number of para-hydroxylation sites is 1. The highest BCUT2D eigenvalue weighted by Gasteiger charge is 2.28. The van der Waals surface area contributed by atoms with Crippen molar-refractivity contribution in [2.75, 3.05) is 18.0 Å². The van der Waals surface area contributed by atoms with Crippen molar-refractivity contribution < 1.29 is 4.79 Å². The summed E-state index contributed by atoms with van der Waals surface area (Å²) < 4.78 is 0. The maximum absolute atomic E-state index is 12.5.